The number of carbonyl (C=O) groups excluding carboxylic acids is 1. The third-order valence-corrected chi connectivity index (χ3v) is 5.53. The predicted octanol–water partition coefficient (Wildman–Crippen LogP) is 4.59. The Morgan fingerprint density at radius 2 is 2.00 bits per heavy atom. The van der Waals surface area contributed by atoms with Gasteiger partial charge < -0.3 is 19.1 Å². The van der Waals surface area contributed by atoms with Crippen molar-refractivity contribution in [2.24, 2.45) is 0 Å². The molecule has 1 N–H and O–H groups in total. The minimum atomic E-state index is -0.403. The van der Waals surface area contributed by atoms with Crippen molar-refractivity contribution >= 4 is 28.3 Å². The van der Waals surface area contributed by atoms with E-state index in [4.69, 9.17) is 8.83 Å². The van der Waals surface area contributed by atoms with Crippen LogP contribution < -0.4 is 15.8 Å². The Morgan fingerprint density at radius 3 is 2.90 bits per heavy atom. The highest BCUT2D eigenvalue weighted by Gasteiger charge is 2.28. The standard InChI is InChI=1S/C24H20N2O4/c1-15-12-16-4-2-3-5-20(16)26(15)14-22-19(10-11-29-22)24(28)25-18-7-8-21-17(13-18)6-9-23(27)30-21/h2-11,13,15H,12,14H2,1H3,(H,25,28). The van der Waals surface area contributed by atoms with Crippen molar-refractivity contribution in [1.29, 1.82) is 0 Å². The van der Waals surface area contributed by atoms with E-state index in [1.165, 1.54) is 17.3 Å². The summed E-state index contributed by atoms with van der Waals surface area (Å²) in [4.78, 5) is 26.5. The molecule has 0 saturated heterocycles. The number of nitrogens with zero attached hydrogens (tertiary/aromatic N) is 1. The number of anilines is 2. The first-order chi connectivity index (χ1) is 14.6. The maximum atomic E-state index is 12.9. The number of para-hydroxylation sites is 1. The summed E-state index contributed by atoms with van der Waals surface area (Å²) in [5.41, 5.74) is 3.69. The van der Waals surface area contributed by atoms with Crippen molar-refractivity contribution in [2.75, 3.05) is 10.2 Å². The Balaban J connectivity index is 1.37. The SMILES string of the molecule is CC1Cc2ccccc2N1Cc1occc1C(=O)Nc1ccc2oc(=O)ccc2c1. The van der Waals surface area contributed by atoms with E-state index < -0.39 is 5.63 Å². The molecule has 0 fully saturated rings. The predicted molar refractivity (Wildman–Crippen MR) is 115 cm³/mol. The van der Waals surface area contributed by atoms with E-state index in [1.54, 1.807) is 36.6 Å². The molecule has 1 unspecified atom stereocenters. The van der Waals surface area contributed by atoms with Crippen molar-refractivity contribution in [2.45, 2.75) is 25.9 Å². The molecule has 3 heterocycles. The van der Waals surface area contributed by atoms with Crippen LogP contribution in [0.5, 0.6) is 0 Å². The summed E-state index contributed by atoms with van der Waals surface area (Å²) in [7, 11) is 0. The lowest BCUT2D eigenvalue weighted by Crippen LogP contribution is -2.29. The number of carbonyl (C=O) groups is 1. The lowest BCUT2D eigenvalue weighted by Gasteiger charge is -2.24. The van der Waals surface area contributed by atoms with E-state index in [0.29, 0.717) is 35.2 Å². The molecule has 0 radical (unpaired) electrons. The molecule has 1 aliphatic rings. The molecule has 2 aromatic carbocycles. The summed E-state index contributed by atoms with van der Waals surface area (Å²) in [6, 6.07) is 18.5. The third kappa shape index (κ3) is 3.26. The van der Waals surface area contributed by atoms with E-state index in [2.05, 4.69) is 35.3 Å². The number of fused-ring (bicyclic) bond motifs is 2. The fourth-order valence-corrected chi connectivity index (χ4v) is 4.04. The van der Waals surface area contributed by atoms with Crippen molar-refractivity contribution < 1.29 is 13.6 Å². The second-order valence-electron chi connectivity index (χ2n) is 7.53. The molecule has 30 heavy (non-hydrogen) atoms. The number of amides is 1. The molecule has 0 spiro atoms. The zero-order chi connectivity index (χ0) is 20.7. The first-order valence-corrected chi connectivity index (χ1v) is 9.85. The summed E-state index contributed by atoms with van der Waals surface area (Å²) in [5.74, 6) is 0.387. The number of rotatable bonds is 4. The van der Waals surface area contributed by atoms with Gasteiger partial charge in [0.1, 0.15) is 11.3 Å². The fraction of sp³-hybridized carbons (Fsp3) is 0.167. The van der Waals surface area contributed by atoms with Gasteiger partial charge in [-0.3, -0.25) is 4.79 Å². The number of hydrogen-bond donors (Lipinski definition) is 1. The largest absolute Gasteiger partial charge is 0.467 e. The highest BCUT2D eigenvalue weighted by Crippen LogP contribution is 2.33. The molecule has 5 rings (SSSR count). The van der Waals surface area contributed by atoms with Crippen LogP contribution in [0.3, 0.4) is 0 Å². The monoisotopic (exact) mass is 400 g/mol. The van der Waals surface area contributed by atoms with Crippen LogP contribution >= 0.6 is 0 Å². The summed E-state index contributed by atoms with van der Waals surface area (Å²) < 4.78 is 10.8. The summed E-state index contributed by atoms with van der Waals surface area (Å²) >= 11 is 0. The average Bonchev–Trinajstić information content (AvgIpc) is 3.33. The Labute approximate surface area is 172 Å². The molecule has 4 aromatic rings. The van der Waals surface area contributed by atoms with Gasteiger partial charge in [-0.25, -0.2) is 4.79 Å². The quantitative estimate of drug-likeness (QED) is 0.507. The van der Waals surface area contributed by atoms with E-state index >= 15 is 0 Å². The molecular formula is C24H20N2O4. The molecule has 0 bridgehead atoms. The summed E-state index contributed by atoms with van der Waals surface area (Å²) in [6.07, 6.45) is 2.53. The Morgan fingerprint density at radius 1 is 1.13 bits per heavy atom. The maximum absolute atomic E-state index is 12.9. The molecule has 0 aliphatic carbocycles. The van der Waals surface area contributed by atoms with E-state index in [1.807, 2.05) is 6.07 Å². The highest BCUT2D eigenvalue weighted by molar-refractivity contribution is 6.05. The number of benzene rings is 2. The van der Waals surface area contributed by atoms with Crippen LogP contribution in [0.4, 0.5) is 11.4 Å². The Bertz CT molecular complexity index is 1300. The fourth-order valence-electron chi connectivity index (χ4n) is 4.04. The van der Waals surface area contributed by atoms with Gasteiger partial charge in [0.15, 0.2) is 0 Å². The zero-order valence-corrected chi connectivity index (χ0v) is 16.4. The number of hydrogen-bond acceptors (Lipinski definition) is 5. The van der Waals surface area contributed by atoms with Gasteiger partial charge >= 0.3 is 5.63 Å². The lowest BCUT2D eigenvalue weighted by atomic mass is 10.1. The van der Waals surface area contributed by atoms with Gasteiger partial charge in [0.05, 0.1) is 18.4 Å². The molecular weight excluding hydrogens is 380 g/mol. The van der Waals surface area contributed by atoms with E-state index in [9.17, 15) is 9.59 Å². The number of nitrogens with one attached hydrogen (secondary N) is 1. The first-order valence-electron chi connectivity index (χ1n) is 9.85. The highest BCUT2D eigenvalue weighted by atomic mass is 16.4. The van der Waals surface area contributed by atoms with Gasteiger partial charge in [0, 0.05) is 28.9 Å². The van der Waals surface area contributed by atoms with Crippen LogP contribution in [0.25, 0.3) is 11.0 Å². The Hall–Kier alpha value is -3.80. The molecule has 1 amide bonds. The van der Waals surface area contributed by atoms with Gasteiger partial charge in [-0.05, 0) is 55.3 Å². The summed E-state index contributed by atoms with van der Waals surface area (Å²) in [5, 5.41) is 3.65. The maximum Gasteiger partial charge on any atom is 0.336 e. The zero-order valence-electron chi connectivity index (χ0n) is 16.4. The minimum absolute atomic E-state index is 0.240. The van der Waals surface area contributed by atoms with E-state index in [-0.39, 0.29) is 5.91 Å². The van der Waals surface area contributed by atoms with Gasteiger partial charge in [-0.15, -0.1) is 0 Å². The van der Waals surface area contributed by atoms with E-state index in [0.717, 1.165) is 11.8 Å². The van der Waals surface area contributed by atoms with Crippen LogP contribution in [-0.4, -0.2) is 11.9 Å². The average molecular weight is 400 g/mol. The lowest BCUT2D eigenvalue weighted by molar-refractivity contribution is 0.102. The minimum Gasteiger partial charge on any atom is -0.467 e. The molecule has 0 saturated carbocycles. The molecule has 6 heteroatoms. The first kappa shape index (κ1) is 18.2. The molecule has 1 aliphatic heterocycles. The summed E-state index contributed by atoms with van der Waals surface area (Å²) in [6.45, 7) is 2.70. The number of furan rings is 1. The third-order valence-electron chi connectivity index (χ3n) is 5.53. The van der Waals surface area contributed by atoms with Gasteiger partial charge in [-0.1, -0.05) is 18.2 Å². The smallest absolute Gasteiger partial charge is 0.336 e. The van der Waals surface area contributed by atoms with Crippen molar-refractivity contribution in [3.8, 4) is 0 Å². The van der Waals surface area contributed by atoms with Crippen molar-refractivity contribution in [3.05, 3.63) is 94.2 Å². The molecule has 6 nitrogen and oxygen atoms in total. The van der Waals surface area contributed by atoms with Gasteiger partial charge in [0.25, 0.3) is 5.91 Å². The van der Waals surface area contributed by atoms with Crippen LogP contribution in [0.2, 0.25) is 0 Å². The second-order valence-corrected chi connectivity index (χ2v) is 7.53. The van der Waals surface area contributed by atoms with Gasteiger partial charge in [0.2, 0.25) is 0 Å². The normalized spacial score (nSPS) is 15.4. The topological polar surface area (TPSA) is 75.7 Å². The Kier molecular flexibility index (Phi) is 4.39. The van der Waals surface area contributed by atoms with Crippen LogP contribution in [-0.2, 0) is 13.0 Å². The van der Waals surface area contributed by atoms with Crippen molar-refractivity contribution in [1.82, 2.24) is 0 Å². The van der Waals surface area contributed by atoms with Gasteiger partial charge in [-0.2, -0.15) is 0 Å². The van der Waals surface area contributed by atoms with Crippen LogP contribution in [0.1, 0.15) is 28.6 Å². The van der Waals surface area contributed by atoms with Crippen molar-refractivity contribution in [3.63, 3.8) is 0 Å². The van der Waals surface area contributed by atoms with Crippen LogP contribution in [0.15, 0.2) is 80.6 Å². The van der Waals surface area contributed by atoms with Crippen LogP contribution in [0, 0.1) is 0 Å². The second kappa shape index (κ2) is 7.22. The molecule has 2 aromatic heterocycles. The molecule has 1 atom stereocenters. The molecule has 150 valence electrons.